The molecule has 0 spiro atoms. The van der Waals surface area contributed by atoms with Gasteiger partial charge in [0, 0.05) is 30.6 Å². The van der Waals surface area contributed by atoms with E-state index in [-0.39, 0.29) is 24.8 Å². The molecule has 208 valence electrons. The minimum Gasteiger partial charge on any atom is -0.390 e. The van der Waals surface area contributed by atoms with Crippen LogP contribution in [0, 0.1) is 11.6 Å². The number of hydrogen-bond acceptors (Lipinski definition) is 3. The quantitative estimate of drug-likeness (QED) is 0.201. The summed E-state index contributed by atoms with van der Waals surface area (Å²) in [5.41, 5.74) is 5.23. The van der Waals surface area contributed by atoms with Gasteiger partial charge in [0.25, 0.3) is 5.91 Å². The van der Waals surface area contributed by atoms with Crippen molar-refractivity contribution in [1.82, 2.24) is 10.6 Å². The van der Waals surface area contributed by atoms with E-state index in [1.165, 1.54) is 17.7 Å². The number of hydrogen-bond donors (Lipinski definition) is 3. The van der Waals surface area contributed by atoms with Crippen molar-refractivity contribution in [2.24, 2.45) is 0 Å². The van der Waals surface area contributed by atoms with E-state index in [1.807, 2.05) is 60.7 Å². The molecule has 0 bridgehead atoms. The Kier molecular flexibility index (Phi) is 10.2. The molecule has 0 aromatic heterocycles. The molecule has 0 heterocycles. The number of carbonyl (C=O) groups excluding carboxylic acids is 1. The molecular formula is C34H36F2N2O2. The highest BCUT2D eigenvalue weighted by atomic mass is 19.1. The molecular weight excluding hydrogens is 506 g/mol. The van der Waals surface area contributed by atoms with Gasteiger partial charge < -0.3 is 15.7 Å². The molecule has 4 nitrogen and oxygen atoms in total. The largest absolute Gasteiger partial charge is 0.390 e. The summed E-state index contributed by atoms with van der Waals surface area (Å²) < 4.78 is 27.8. The summed E-state index contributed by atoms with van der Waals surface area (Å²) in [5, 5.41) is 17.3. The fraction of sp³-hybridized carbons (Fsp3) is 0.265. The second kappa shape index (κ2) is 14.0. The first kappa shape index (κ1) is 29.1. The second-order valence-electron chi connectivity index (χ2n) is 10.2. The monoisotopic (exact) mass is 542 g/mol. The Balaban J connectivity index is 1.49. The summed E-state index contributed by atoms with van der Waals surface area (Å²) in [6.45, 7) is 4.90. The Morgan fingerprint density at radius 3 is 2.20 bits per heavy atom. The maximum atomic E-state index is 13.9. The molecule has 0 aliphatic heterocycles. The average molecular weight is 543 g/mol. The molecule has 0 saturated carbocycles. The number of carbonyl (C=O) groups is 1. The van der Waals surface area contributed by atoms with Gasteiger partial charge in [-0.2, -0.15) is 0 Å². The molecule has 0 saturated heterocycles. The lowest BCUT2D eigenvalue weighted by atomic mass is 9.92. The average Bonchev–Trinajstić information content (AvgIpc) is 2.96. The predicted octanol–water partition coefficient (Wildman–Crippen LogP) is 6.17. The number of amides is 1. The molecule has 0 fully saturated rings. The number of nitrogens with one attached hydrogen (secondary N) is 2. The number of aliphatic hydroxyl groups is 1. The van der Waals surface area contributed by atoms with Crippen molar-refractivity contribution in [2.45, 2.75) is 51.3 Å². The van der Waals surface area contributed by atoms with Crippen molar-refractivity contribution >= 4 is 5.91 Å². The van der Waals surface area contributed by atoms with Crippen molar-refractivity contribution in [1.29, 1.82) is 0 Å². The molecule has 0 radical (unpaired) electrons. The topological polar surface area (TPSA) is 61.4 Å². The van der Waals surface area contributed by atoms with Crippen molar-refractivity contribution in [3.8, 4) is 0 Å². The van der Waals surface area contributed by atoms with Crippen molar-refractivity contribution in [3.05, 3.63) is 142 Å². The Hall–Kier alpha value is -3.87. The van der Waals surface area contributed by atoms with E-state index in [9.17, 15) is 18.7 Å². The fourth-order valence-corrected chi connectivity index (χ4v) is 4.87. The Bertz CT molecular complexity index is 1390. The van der Waals surface area contributed by atoms with Gasteiger partial charge in [0.05, 0.1) is 12.1 Å². The first-order valence-corrected chi connectivity index (χ1v) is 13.7. The zero-order valence-corrected chi connectivity index (χ0v) is 22.9. The summed E-state index contributed by atoms with van der Waals surface area (Å²) in [5.74, 6) is -1.68. The van der Waals surface area contributed by atoms with Gasteiger partial charge in [0.2, 0.25) is 0 Å². The highest BCUT2D eigenvalue weighted by Crippen LogP contribution is 2.24. The lowest BCUT2D eigenvalue weighted by molar-refractivity contribution is 0.0829. The van der Waals surface area contributed by atoms with Crippen molar-refractivity contribution < 1.29 is 18.7 Å². The third-order valence-corrected chi connectivity index (χ3v) is 7.19. The SMILES string of the molecule is CCc1cccc(CNC[C@@H](O)[C@H](Cc2cc(F)cc(F)c2)NC(=O)c2cccc(C(C)c3ccccc3)c2)c1. The number of aliphatic hydroxyl groups excluding tert-OH is 1. The molecule has 0 aliphatic rings. The number of aryl methyl sites for hydroxylation is 1. The van der Waals surface area contributed by atoms with Crippen LogP contribution in [0.15, 0.2) is 97.1 Å². The van der Waals surface area contributed by atoms with E-state index in [2.05, 4.69) is 36.6 Å². The lowest BCUT2D eigenvalue weighted by Crippen LogP contribution is -2.48. The standard InChI is InChI=1S/C34H36F2N2O2/c1-3-24-9-7-10-25(15-24)21-37-22-33(39)32(18-26-16-30(35)20-31(36)17-26)38-34(40)29-14-8-13-28(19-29)23(2)27-11-5-4-6-12-27/h4-17,19-20,23,32-33,37,39H,3,18,21-22H2,1-2H3,(H,38,40)/t23?,32-,33+/m0/s1. The van der Waals surface area contributed by atoms with Gasteiger partial charge in [0.1, 0.15) is 11.6 Å². The van der Waals surface area contributed by atoms with E-state index in [4.69, 9.17) is 0 Å². The molecule has 3 N–H and O–H groups in total. The van der Waals surface area contributed by atoms with Gasteiger partial charge in [-0.05, 0) is 64.9 Å². The van der Waals surface area contributed by atoms with Crippen molar-refractivity contribution in [2.75, 3.05) is 6.54 Å². The van der Waals surface area contributed by atoms with E-state index >= 15 is 0 Å². The van der Waals surface area contributed by atoms with E-state index in [0.29, 0.717) is 17.7 Å². The highest BCUT2D eigenvalue weighted by molar-refractivity contribution is 5.94. The summed E-state index contributed by atoms with van der Waals surface area (Å²) >= 11 is 0. The van der Waals surface area contributed by atoms with Gasteiger partial charge in [-0.15, -0.1) is 0 Å². The van der Waals surface area contributed by atoms with Crippen LogP contribution in [0.25, 0.3) is 0 Å². The third-order valence-electron chi connectivity index (χ3n) is 7.19. The van der Waals surface area contributed by atoms with Crippen LogP contribution in [0.3, 0.4) is 0 Å². The number of halogens is 2. The molecule has 6 heteroatoms. The Morgan fingerprint density at radius 1 is 0.800 bits per heavy atom. The molecule has 4 aromatic rings. The third kappa shape index (κ3) is 8.07. The second-order valence-corrected chi connectivity index (χ2v) is 10.2. The Labute approximate surface area is 235 Å². The van der Waals surface area contributed by atoms with Gasteiger partial charge >= 0.3 is 0 Å². The van der Waals surface area contributed by atoms with Gasteiger partial charge in [-0.1, -0.05) is 80.6 Å². The molecule has 0 aliphatic carbocycles. The Morgan fingerprint density at radius 2 is 1.48 bits per heavy atom. The maximum Gasteiger partial charge on any atom is 0.251 e. The summed E-state index contributed by atoms with van der Waals surface area (Å²) in [4.78, 5) is 13.4. The molecule has 4 aromatic carbocycles. The van der Waals surface area contributed by atoms with E-state index < -0.39 is 23.8 Å². The zero-order chi connectivity index (χ0) is 28.5. The number of benzene rings is 4. The molecule has 1 unspecified atom stereocenters. The van der Waals surface area contributed by atoms with Crippen LogP contribution in [0.5, 0.6) is 0 Å². The minimum atomic E-state index is -1.00. The smallest absolute Gasteiger partial charge is 0.251 e. The first-order chi connectivity index (χ1) is 19.3. The summed E-state index contributed by atoms with van der Waals surface area (Å²) in [7, 11) is 0. The maximum absolute atomic E-state index is 13.9. The van der Waals surface area contributed by atoms with Crippen LogP contribution in [-0.4, -0.2) is 29.7 Å². The summed E-state index contributed by atoms with van der Waals surface area (Å²) in [6, 6.07) is 28.1. The van der Waals surface area contributed by atoms with Gasteiger partial charge in [-0.3, -0.25) is 4.79 Å². The minimum absolute atomic E-state index is 0.0642. The van der Waals surface area contributed by atoms with Crippen LogP contribution < -0.4 is 10.6 Å². The van der Waals surface area contributed by atoms with Crippen LogP contribution in [0.4, 0.5) is 8.78 Å². The summed E-state index contributed by atoms with van der Waals surface area (Å²) in [6.07, 6.45) is -0.00882. The zero-order valence-electron chi connectivity index (χ0n) is 22.9. The molecule has 40 heavy (non-hydrogen) atoms. The van der Waals surface area contributed by atoms with Gasteiger partial charge in [0.15, 0.2) is 0 Å². The van der Waals surface area contributed by atoms with Crippen LogP contribution in [0.2, 0.25) is 0 Å². The van der Waals surface area contributed by atoms with Crippen LogP contribution in [-0.2, 0) is 19.4 Å². The predicted molar refractivity (Wildman–Crippen MR) is 155 cm³/mol. The molecule has 4 rings (SSSR count). The van der Waals surface area contributed by atoms with E-state index in [1.54, 1.807) is 6.07 Å². The lowest BCUT2D eigenvalue weighted by Gasteiger charge is -2.25. The first-order valence-electron chi connectivity index (χ1n) is 13.7. The molecule has 1 amide bonds. The highest BCUT2D eigenvalue weighted by Gasteiger charge is 2.23. The van der Waals surface area contributed by atoms with Crippen LogP contribution in [0.1, 0.15) is 57.9 Å². The van der Waals surface area contributed by atoms with Crippen molar-refractivity contribution in [3.63, 3.8) is 0 Å². The number of rotatable bonds is 12. The molecule has 3 atom stereocenters. The van der Waals surface area contributed by atoms with E-state index in [0.717, 1.165) is 29.2 Å². The van der Waals surface area contributed by atoms with Gasteiger partial charge in [-0.25, -0.2) is 8.78 Å². The van der Waals surface area contributed by atoms with Crippen LogP contribution >= 0.6 is 0 Å². The fourth-order valence-electron chi connectivity index (χ4n) is 4.87. The normalized spacial score (nSPS) is 13.4.